The Morgan fingerprint density at radius 3 is 1.05 bits per heavy atom. The molecule has 628 valence electrons. The first-order valence-corrected chi connectivity index (χ1v) is 45.2. The SMILES string of the molecule is [2H]c1c([2H])c([2H])c(N(c2ccccc2)c2ccc3c(c2)c2c([2H])c([2H])c([2H])c([2H])c2n3-c2ccc3c(c2)N(c2cc(-c4ccccc4)cc(-c4ccccc4)c2)c2cc(-n4c5ccc(C(C)(C)C)cc5c5cc(C(C)(C)C)ccc54)cc4c2B3c2ccc(-n3c5ccc(C(C)(C)C)cc5c5cc(C(C)(C)C)ccc53)cc2N4c2c(-c3ccccc3)cc(C(C)(C)C)cc2-c2ccccc2)c([2H])c1[2H]. The summed E-state index contributed by atoms with van der Waals surface area (Å²) in [7, 11) is 0. The summed E-state index contributed by atoms with van der Waals surface area (Å²) in [5.41, 5.74) is 30.2. The molecule has 0 amide bonds. The van der Waals surface area contributed by atoms with E-state index in [4.69, 9.17) is 4.11 Å². The number of para-hydroxylation sites is 3. The second kappa shape index (κ2) is 30.1. The highest BCUT2D eigenvalue weighted by Crippen LogP contribution is 2.55. The number of benzene rings is 17. The summed E-state index contributed by atoms with van der Waals surface area (Å²) < 4.78 is 92.6. The van der Waals surface area contributed by atoms with E-state index < -0.39 is 49.0 Å². The molecule has 0 saturated carbocycles. The lowest BCUT2D eigenvalue weighted by Crippen LogP contribution is -2.61. The van der Waals surface area contributed by atoms with Crippen molar-refractivity contribution in [3.05, 3.63) is 404 Å². The highest BCUT2D eigenvalue weighted by Gasteiger charge is 2.46. The molecule has 17 aromatic carbocycles. The summed E-state index contributed by atoms with van der Waals surface area (Å²) in [4.78, 5) is 6.80. The first-order valence-electron chi connectivity index (χ1n) is 49.7. The van der Waals surface area contributed by atoms with Crippen molar-refractivity contribution in [2.45, 2.75) is 131 Å². The van der Waals surface area contributed by atoms with Gasteiger partial charge in [0.05, 0.1) is 56.8 Å². The quantitative estimate of drug-likeness (QED) is 0.114. The normalized spacial score (nSPS) is 14.0. The Kier molecular flexibility index (Phi) is 16.5. The molecular formula is C122H107BN6. The molecule has 0 radical (unpaired) electrons. The highest BCUT2D eigenvalue weighted by molar-refractivity contribution is 7.00. The molecule has 0 atom stereocenters. The minimum absolute atomic E-state index is 0.0840. The van der Waals surface area contributed by atoms with Crippen LogP contribution < -0.4 is 31.1 Å². The van der Waals surface area contributed by atoms with E-state index in [2.05, 4.69) is 396 Å². The molecule has 7 heteroatoms. The fourth-order valence-electron chi connectivity index (χ4n) is 20.1. The van der Waals surface area contributed by atoms with Crippen molar-refractivity contribution >= 4 is 140 Å². The van der Waals surface area contributed by atoms with Crippen LogP contribution in [0.2, 0.25) is 0 Å². The maximum Gasteiger partial charge on any atom is 0.252 e. The molecule has 0 aliphatic carbocycles. The molecule has 2 aliphatic heterocycles. The molecule has 2 aliphatic rings. The third-order valence-electron chi connectivity index (χ3n) is 26.9. The van der Waals surface area contributed by atoms with Crippen LogP contribution in [0.5, 0.6) is 0 Å². The van der Waals surface area contributed by atoms with Gasteiger partial charge in [-0.2, -0.15) is 0 Å². The molecule has 20 aromatic rings. The number of fused-ring (bicyclic) bond motifs is 13. The molecule has 0 unspecified atom stereocenters. The molecule has 0 fully saturated rings. The topological polar surface area (TPSA) is 24.5 Å². The molecule has 3 aromatic heterocycles. The van der Waals surface area contributed by atoms with Crippen LogP contribution in [0.3, 0.4) is 0 Å². The fourth-order valence-corrected chi connectivity index (χ4v) is 20.1. The molecule has 129 heavy (non-hydrogen) atoms. The van der Waals surface area contributed by atoms with Crippen molar-refractivity contribution in [3.8, 4) is 61.6 Å². The molecule has 22 rings (SSSR count). The Labute approximate surface area is 772 Å². The average molecular weight is 1680 g/mol. The second-order valence-electron chi connectivity index (χ2n) is 40.4. The van der Waals surface area contributed by atoms with E-state index in [1.54, 1.807) is 4.90 Å². The predicted octanol–water partition coefficient (Wildman–Crippen LogP) is 31.7. The van der Waals surface area contributed by atoms with E-state index >= 15 is 0 Å². The van der Waals surface area contributed by atoms with Gasteiger partial charge in [0.2, 0.25) is 0 Å². The Balaban J connectivity index is 0.927. The molecule has 6 nitrogen and oxygen atoms in total. The minimum Gasteiger partial charge on any atom is -0.311 e. The first kappa shape index (κ1) is 70.7. The van der Waals surface area contributed by atoms with E-state index in [0.29, 0.717) is 28.0 Å². The van der Waals surface area contributed by atoms with Gasteiger partial charge in [0.25, 0.3) is 6.71 Å². The van der Waals surface area contributed by atoms with Crippen molar-refractivity contribution < 1.29 is 12.3 Å². The lowest BCUT2D eigenvalue weighted by atomic mass is 9.33. The van der Waals surface area contributed by atoms with Crippen molar-refractivity contribution in [3.63, 3.8) is 0 Å². The van der Waals surface area contributed by atoms with E-state index in [-0.39, 0.29) is 55.8 Å². The van der Waals surface area contributed by atoms with E-state index in [0.717, 1.165) is 139 Å². The molecule has 0 N–H and O–H groups in total. The zero-order valence-electron chi connectivity index (χ0n) is 84.9. The predicted molar refractivity (Wildman–Crippen MR) is 553 cm³/mol. The van der Waals surface area contributed by atoms with Crippen LogP contribution in [0.25, 0.3) is 127 Å². The van der Waals surface area contributed by atoms with Crippen molar-refractivity contribution in [1.29, 1.82) is 0 Å². The van der Waals surface area contributed by atoms with E-state index in [9.17, 15) is 8.22 Å². The summed E-state index contributed by atoms with van der Waals surface area (Å²) in [5, 5.41) is 5.31. The maximum absolute atomic E-state index is 10.4. The summed E-state index contributed by atoms with van der Waals surface area (Å²) >= 11 is 0. The third-order valence-corrected chi connectivity index (χ3v) is 26.9. The van der Waals surface area contributed by atoms with Gasteiger partial charge in [-0.05, 0) is 268 Å². The number of anilines is 9. The largest absolute Gasteiger partial charge is 0.311 e. The molecule has 0 bridgehead atoms. The van der Waals surface area contributed by atoms with Gasteiger partial charge in [0, 0.05) is 100 Å². The first-order chi connectivity index (χ1) is 65.9. The summed E-state index contributed by atoms with van der Waals surface area (Å²) in [6.07, 6.45) is 0. The highest BCUT2D eigenvalue weighted by atomic mass is 15.2. The summed E-state index contributed by atoms with van der Waals surface area (Å²) in [6.45, 7) is 34.0. The van der Waals surface area contributed by atoms with Gasteiger partial charge >= 0.3 is 0 Å². The number of hydrogen-bond donors (Lipinski definition) is 0. The smallest absolute Gasteiger partial charge is 0.252 e. The van der Waals surface area contributed by atoms with Gasteiger partial charge in [-0.25, -0.2) is 0 Å². The zero-order chi connectivity index (χ0) is 96.3. The van der Waals surface area contributed by atoms with Crippen LogP contribution in [-0.4, -0.2) is 20.4 Å². The molecular weight excluding hydrogens is 1560 g/mol. The van der Waals surface area contributed by atoms with Crippen LogP contribution in [0, 0.1) is 0 Å². The Morgan fingerprint density at radius 2 is 0.605 bits per heavy atom. The van der Waals surface area contributed by atoms with Crippen LogP contribution >= 0.6 is 0 Å². The van der Waals surface area contributed by atoms with Crippen LogP contribution in [0.4, 0.5) is 51.2 Å². The van der Waals surface area contributed by atoms with Gasteiger partial charge in [-0.1, -0.05) is 316 Å². The number of hydrogen-bond acceptors (Lipinski definition) is 3. The standard InChI is InChI=1S/C122H107BN6/c1-118(2,3)84-50-59-107-99(67-84)100-68-85(119(4,5)6)51-60-108(100)126(107)93-55-58-105-113(75-93)129(117-97(80-40-26-18-27-41-80)71-88(122(13,14)15)72-98(117)81-42-28-19-29-43-81)115-77-95(127-109-61-52-86(120(7,8)9)69-101(109)102-70-87(121(10,11)12)53-62-110(102)127)76-114-116(115)123(105)104-57-54-92(74-112(104)128(114)94-65-82(78-36-22-16-23-37-78)64-83(66-94)79-38-24-17-25-39-79)125-106-49-35-34-48-96(106)103-73-91(56-63-111(103)125)124(89-44-30-20-31-45-89)90-46-32-21-33-47-90/h16-77H,1-15H3/i20D,30D,31D,34D,35D,44D,45D,48D,49D. The maximum atomic E-state index is 10.4. The number of nitrogens with zero attached hydrogens (tertiary/aromatic N) is 6. The molecule has 0 saturated heterocycles. The van der Waals surface area contributed by atoms with Crippen molar-refractivity contribution in [2.24, 2.45) is 0 Å². The third kappa shape index (κ3) is 13.7. The fraction of sp³-hybridized carbons (Fsp3) is 0.164. The van der Waals surface area contributed by atoms with Crippen molar-refractivity contribution in [1.82, 2.24) is 13.7 Å². The van der Waals surface area contributed by atoms with E-state index in [1.807, 2.05) is 53.1 Å². The molecule has 5 heterocycles. The van der Waals surface area contributed by atoms with Crippen LogP contribution in [0.1, 0.15) is 144 Å². The van der Waals surface area contributed by atoms with Crippen LogP contribution in [0.15, 0.2) is 376 Å². The monoisotopic (exact) mass is 1680 g/mol. The van der Waals surface area contributed by atoms with Gasteiger partial charge in [-0.15, -0.1) is 0 Å². The average Bonchev–Trinajstić information content (AvgIpc) is 0.927. The second-order valence-corrected chi connectivity index (χ2v) is 40.4. The van der Waals surface area contributed by atoms with Crippen molar-refractivity contribution in [2.75, 3.05) is 14.7 Å². The Bertz CT molecular complexity index is 8170. The van der Waals surface area contributed by atoms with Crippen LogP contribution in [-0.2, 0) is 27.1 Å². The Hall–Kier alpha value is -14.4. The zero-order valence-corrected chi connectivity index (χ0v) is 75.9. The summed E-state index contributed by atoms with van der Waals surface area (Å²) in [6, 6.07) is 113. The van der Waals surface area contributed by atoms with Gasteiger partial charge in [-0.3, -0.25) is 0 Å². The number of rotatable bonds is 12. The van der Waals surface area contributed by atoms with E-state index in [1.165, 1.54) is 38.6 Å². The lowest BCUT2D eigenvalue weighted by molar-refractivity contribution is 0.590. The van der Waals surface area contributed by atoms with Gasteiger partial charge in [0.15, 0.2) is 0 Å². The number of aromatic nitrogens is 3. The Morgan fingerprint density at radius 1 is 0.240 bits per heavy atom. The molecule has 0 spiro atoms. The lowest BCUT2D eigenvalue weighted by Gasteiger charge is -2.45. The van der Waals surface area contributed by atoms with Gasteiger partial charge in [0.1, 0.15) is 0 Å². The minimum atomic E-state index is -0.545. The summed E-state index contributed by atoms with van der Waals surface area (Å²) in [5.74, 6) is 0. The van der Waals surface area contributed by atoms with Gasteiger partial charge < -0.3 is 28.4 Å².